The third-order valence-electron chi connectivity index (χ3n) is 2.93. The standard InChI is InChI=1S/C13H25N3/c1-3-4-5-6-7-8-13(14)9-12-10-15-16(2)11-12/h10-11,13H,3-9,14H2,1-2H3. The van der Waals surface area contributed by atoms with Crippen LogP contribution < -0.4 is 5.73 Å². The Morgan fingerprint density at radius 3 is 2.69 bits per heavy atom. The third kappa shape index (κ3) is 5.31. The summed E-state index contributed by atoms with van der Waals surface area (Å²) < 4.78 is 1.84. The number of hydrogen-bond donors (Lipinski definition) is 1. The summed E-state index contributed by atoms with van der Waals surface area (Å²) in [5.74, 6) is 0. The number of rotatable bonds is 8. The minimum atomic E-state index is 0.297. The van der Waals surface area contributed by atoms with Crippen molar-refractivity contribution in [3.8, 4) is 0 Å². The van der Waals surface area contributed by atoms with Gasteiger partial charge in [0.05, 0.1) is 6.20 Å². The topological polar surface area (TPSA) is 43.8 Å². The van der Waals surface area contributed by atoms with Gasteiger partial charge in [0.1, 0.15) is 0 Å². The molecule has 16 heavy (non-hydrogen) atoms. The normalized spacial score (nSPS) is 12.9. The van der Waals surface area contributed by atoms with Crippen LogP contribution in [0, 0.1) is 0 Å². The van der Waals surface area contributed by atoms with Gasteiger partial charge in [-0.15, -0.1) is 0 Å². The molecule has 0 aliphatic rings. The zero-order valence-corrected chi connectivity index (χ0v) is 10.7. The van der Waals surface area contributed by atoms with Gasteiger partial charge < -0.3 is 5.73 Å². The molecule has 0 bridgehead atoms. The fraction of sp³-hybridized carbons (Fsp3) is 0.769. The zero-order valence-electron chi connectivity index (χ0n) is 10.7. The van der Waals surface area contributed by atoms with Crippen molar-refractivity contribution in [1.82, 2.24) is 9.78 Å². The Morgan fingerprint density at radius 2 is 2.06 bits per heavy atom. The molecule has 92 valence electrons. The predicted octanol–water partition coefficient (Wildman–Crippen LogP) is 2.65. The number of unbranched alkanes of at least 4 members (excludes halogenated alkanes) is 4. The zero-order chi connectivity index (χ0) is 11.8. The Kier molecular flexibility index (Phi) is 6.16. The molecule has 0 aromatic carbocycles. The largest absolute Gasteiger partial charge is 0.327 e. The molecule has 0 amide bonds. The van der Waals surface area contributed by atoms with Crippen molar-refractivity contribution >= 4 is 0 Å². The van der Waals surface area contributed by atoms with E-state index in [9.17, 15) is 0 Å². The Morgan fingerprint density at radius 1 is 1.31 bits per heavy atom. The van der Waals surface area contributed by atoms with Crippen molar-refractivity contribution in [2.75, 3.05) is 0 Å². The second-order valence-electron chi connectivity index (χ2n) is 4.69. The van der Waals surface area contributed by atoms with E-state index < -0.39 is 0 Å². The maximum atomic E-state index is 6.09. The molecule has 0 spiro atoms. The van der Waals surface area contributed by atoms with E-state index in [1.165, 1.54) is 37.7 Å². The lowest BCUT2D eigenvalue weighted by atomic mass is 10.0. The molecule has 0 aliphatic carbocycles. The average molecular weight is 223 g/mol. The van der Waals surface area contributed by atoms with Crippen LogP contribution in [0.2, 0.25) is 0 Å². The first kappa shape index (κ1) is 13.2. The van der Waals surface area contributed by atoms with E-state index in [2.05, 4.69) is 18.2 Å². The minimum absolute atomic E-state index is 0.297. The molecule has 0 saturated heterocycles. The number of hydrogen-bond acceptors (Lipinski definition) is 2. The molecule has 3 heteroatoms. The van der Waals surface area contributed by atoms with Crippen LogP contribution in [-0.4, -0.2) is 15.8 Å². The SMILES string of the molecule is CCCCCCCC(N)Cc1cnn(C)c1. The first-order chi connectivity index (χ1) is 7.72. The van der Waals surface area contributed by atoms with Gasteiger partial charge in [-0.25, -0.2) is 0 Å². The monoisotopic (exact) mass is 223 g/mol. The van der Waals surface area contributed by atoms with Crippen LogP contribution in [0.25, 0.3) is 0 Å². The van der Waals surface area contributed by atoms with Crippen molar-refractivity contribution in [3.63, 3.8) is 0 Å². The fourth-order valence-electron chi connectivity index (χ4n) is 1.99. The van der Waals surface area contributed by atoms with Gasteiger partial charge in [0, 0.05) is 19.3 Å². The summed E-state index contributed by atoms with van der Waals surface area (Å²) in [6.45, 7) is 2.24. The van der Waals surface area contributed by atoms with Crippen molar-refractivity contribution in [2.24, 2.45) is 12.8 Å². The average Bonchev–Trinajstić information content (AvgIpc) is 2.63. The molecule has 3 nitrogen and oxygen atoms in total. The first-order valence-electron chi connectivity index (χ1n) is 6.45. The van der Waals surface area contributed by atoms with Gasteiger partial charge in [-0.2, -0.15) is 5.10 Å². The summed E-state index contributed by atoms with van der Waals surface area (Å²) in [6.07, 6.45) is 12.7. The van der Waals surface area contributed by atoms with Crippen molar-refractivity contribution in [3.05, 3.63) is 18.0 Å². The molecule has 1 aromatic rings. The molecule has 1 unspecified atom stereocenters. The van der Waals surface area contributed by atoms with Crippen molar-refractivity contribution in [2.45, 2.75) is 57.9 Å². The van der Waals surface area contributed by atoms with Gasteiger partial charge in [0.15, 0.2) is 0 Å². The van der Waals surface area contributed by atoms with E-state index in [0.29, 0.717) is 6.04 Å². The third-order valence-corrected chi connectivity index (χ3v) is 2.93. The highest BCUT2D eigenvalue weighted by atomic mass is 15.2. The van der Waals surface area contributed by atoms with Crippen LogP contribution in [0.1, 0.15) is 51.0 Å². The number of nitrogens with zero attached hydrogens (tertiary/aromatic N) is 2. The molecule has 1 heterocycles. The van der Waals surface area contributed by atoms with Crippen LogP contribution in [0.3, 0.4) is 0 Å². The molecule has 1 rings (SSSR count). The summed E-state index contributed by atoms with van der Waals surface area (Å²) in [5.41, 5.74) is 7.35. The summed E-state index contributed by atoms with van der Waals surface area (Å²) in [6, 6.07) is 0.297. The van der Waals surface area contributed by atoms with Gasteiger partial charge in [-0.05, 0) is 18.4 Å². The highest BCUT2D eigenvalue weighted by molar-refractivity contribution is 5.05. The molecule has 0 radical (unpaired) electrons. The molecular weight excluding hydrogens is 198 g/mol. The molecule has 0 fully saturated rings. The van der Waals surface area contributed by atoms with Crippen LogP contribution >= 0.6 is 0 Å². The molecular formula is C13H25N3. The van der Waals surface area contributed by atoms with Gasteiger partial charge in [0.2, 0.25) is 0 Å². The lowest BCUT2D eigenvalue weighted by Gasteiger charge is -2.09. The van der Waals surface area contributed by atoms with Gasteiger partial charge in [-0.3, -0.25) is 4.68 Å². The summed E-state index contributed by atoms with van der Waals surface area (Å²) >= 11 is 0. The van der Waals surface area contributed by atoms with Crippen LogP contribution in [0.15, 0.2) is 12.4 Å². The van der Waals surface area contributed by atoms with E-state index in [0.717, 1.165) is 12.8 Å². The lowest BCUT2D eigenvalue weighted by molar-refractivity contribution is 0.538. The Balaban J connectivity index is 2.09. The Labute approximate surface area is 99.0 Å². The van der Waals surface area contributed by atoms with Crippen LogP contribution in [0.5, 0.6) is 0 Å². The first-order valence-corrected chi connectivity index (χ1v) is 6.45. The lowest BCUT2D eigenvalue weighted by Crippen LogP contribution is -2.22. The second-order valence-corrected chi connectivity index (χ2v) is 4.69. The van der Waals surface area contributed by atoms with E-state index in [4.69, 9.17) is 5.73 Å². The maximum Gasteiger partial charge on any atom is 0.0522 e. The van der Waals surface area contributed by atoms with E-state index >= 15 is 0 Å². The Bertz CT molecular complexity index is 280. The summed E-state index contributed by atoms with van der Waals surface area (Å²) in [4.78, 5) is 0. The molecule has 0 aliphatic heterocycles. The summed E-state index contributed by atoms with van der Waals surface area (Å²) in [7, 11) is 1.94. The maximum absolute atomic E-state index is 6.09. The molecule has 1 aromatic heterocycles. The predicted molar refractivity (Wildman–Crippen MR) is 68.3 cm³/mol. The minimum Gasteiger partial charge on any atom is -0.327 e. The number of aromatic nitrogens is 2. The van der Waals surface area contributed by atoms with E-state index in [-0.39, 0.29) is 0 Å². The molecule has 2 N–H and O–H groups in total. The van der Waals surface area contributed by atoms with Gasteiger partial charge in [0.25, 0.3) is 0 Å². The second kappa shape index (κ2) is 7.44. The van der Waals surface area contributed by atoms with Crippen molar-refractivity contribution in [1.29, 1.82) is 0 Å². The highest BCUT2D eigenvalue weighted by Crippen LogP contribution is 2.09. The van der Waals surface area contributed by atoms with Gasteiger partial charge in [-0.1, -0.05) is 39.0 Å². The Hall–Kier alpha value is -0.830. The fourth-order valence-corrected chi connectivity index (χ4v) is 1.99. The van der Waals surface area contributed by atoms with E-state index in [1.807, 2.05) is 17.9 Å². The summed E-state index contributed by atoms with van der Waals surface area (Å²) in [5, 5.41) is 4.15. The number of nitrogens with two attached hydrogens (primary N) is 1. The smallest absolute Gasteiger partial charge is 0.0522 e. The van der Waals surface area contributed by atoms with Crippen molar-refractivity contribution < 1.29 is 0 Å². The molecule has 0 saturated carbocycles. The quantitative estimate of drug-likeness (QED) is 0.689. The van der Waals surface area contributed by atoms with Crippen LogP contribution in [0.4, 0.5) is 0 Å². The van der Waals surface area contributed by atoms with Gasteiger partial charge >= 0.3 is 0 Å². The van der Waals surface area contributed by atoms with E-state index in [1.54, 1.807) is 0 Å². The number of aryl methyl sites for hydroxylation is 1. The molecule has 1 atom stereocenters. The highest BCUT2D eigenvalue weighted by Gasteiger charge is 2.05. The van der Waals surface area contributed by atoms with Crippen LogP contribution in [-0.2, 0) is 13.5 Å².